The molecule has 8 heteroatoms. The Morgan fingerprint density at radius 2 is 2.20 bits per heavy atom. The molecule has 0 spiro atoms. The zero-order valence-corrected chi connectivity index (χ0v) is 12.2. The molecule has 0 bridgehead atoms. The zero-order valence-electron chi connectivity index (χ0n) is 11.4. The summed E-state index contributed by atoms with van der Waals surface area (Å²) in [4.78, 5) is 33.8. The number of esters is 1. The van der Waals surface area contributed by atoms with Gasteiger partial charge in [0, 0.05) is 17.2 Å². The molecule has 1 heterocycles. The Bertz CT molecular complexity index is 436. The van der Waals surface area contributed by atoms with Gasteiger partial charge in [0.2, 0.25) is 0 Å². The lowest BCUT2D eigenvalue weighted by Crippen LogP contribution is -2.44. The van der Waals surface area contributed by atoms with Crippen LogP contribution >= 0.6 is 11.8 Å². The maximum Gasteiger partial charge on any atom is 0.337 e. The highest BCUT2D eigenvalue weighted by atomic mass is 32.2. The first-order valence-corrected chi connectivity index (χ1v) is 7.35. The van der Waals surface area contributed by atoms with Gasteiger partial charge in [-0.1, -0.05) is 6.92 Å². The van der Waals surface area contributed by atoms with Gasteiger partial charge < -0.3 is 20.5 Å². The smallest absolute Gasteiger partial charge is 0.337 e. The molecule has 1 aliphatic heterocycles. The second-order valence-electron chi connectivity index (χ2n) is 4.24. The molecular formula is C12H18N2O5S. The quantitative estimate of drug-likeness (QED) is 0.594. The van der Waals surface area contributed by atoms with Gasteiger partial charge >= 0.3 is 18.0 Å². The number of thioether (sulfide) groups is 1. The molecule has 0 aromatic carbocycles. The molecule has 0 fully saturated rings. The Hall–Kier alpha value is -1.70. The van der Waals surface area contributed by atoms with Gasteiger partial charge in [-0.25, -0.2) is 9.59 Å². The SMILES string of the molecule is CCOC(=O)C1=C(CSCC(C)C(=O)O)NC(=O)NC1. The van der Waals surface area contributed by atoms with Gasteiger partial charge in [0.1, 0.15) is 0 Å². The van der Waals surface area contributed by atoms with Gasteiger partial charge in [-0.2, -0.15) is 11.8 Å². The largest absolute Gasteiger partial charge is 0.481 e. The van der Waals surface area contributed by atoms with E-state index >= 15 is 0 Å². The third-order valence-corrected chi connectivity index (χ3v) is 3.84. The van der Waals surface area contributed by atoms with Crippen LogP contribution < -0.4 is 10.6 Å². The molecule has 3 N–H and O–H groups in total. The topological polar surface area (TPSA) is 105 Å². The van der Waals surface area contributed by atoms with Crippen molar-refractivity contribution in [3.8, 4) is 0 Å². The molecule has 20 heavy (non-hydrogen) atoms. The summed E-state index contributed by atoms with van der Waals surface area (Å²) in [7, 11) is 0. The molecule has 0 saturated carbocycles. The fourth-order valence-corrected chi connectivity index (χ4v) is 2.54. The fourth-order valence-electron chi connectivity index (χ4n) is 1.48. The predicted molar refractivity (Wildman–Crippen MR) is 74.3 cm³/mol. The van der Waals surface area contributed by atoms with Crippen LogP contribution in [0, 0.1) is 5.92 Å². The van der Waals surface area contributed by atoms with Crippen LogP contribution in [0.5, 0.6) is 0 Å². The number of carbonyl (C=O) groups excluding carboxylic acids is 2. The Labute approximate surface area is 121 Å². The fraction of sp³-hybridized carbons (Fsp3) is 0.583. The van der Waals surface area contributed by atoms with E-state index < -0.39 is 17.9 Å². The molecule has 0 aromatic rings. The predicted octanol–water partition coefficient (Wildman–Crippen LogP) is 0.570. The van der Waals surface area contributed by atoms with Gasteiger partial charge in [0.05, 0.1) is 24.6 Å². The van der Waals surface area contributed by atoms with E-state index in [1.54, 1.807) is 13.8 Å². The summed E-state index contributed by atoms with van der Waals surface area (Å²) in [6, 6.07) is -0.375. The minimum Gasteiger partial charge on any atom is -0.481 e. The summed E-state index contributed by atoms with van der Waals surface area (Å²) in [5.74, 6) is -1.06. The standard InChI is InChI=1S/C12H18N2O5S/c1-3-19-11(17)8-4-13-12(18)14-9(8)6-20-5-7(2)10(15)16/h7H,3-6H2,1-2H3,(H,15,16)(H2,13,14,18). The normalized spacial score (nSPS) is 16.2. The maximum absolute atomic E-state index is 11.7. The van der Waals surface area contributed by atoms with Crippen LogP contribution in [0.2, 0.25) is 0 Å². The Morgan fingerprint density at radius 1 is 1.50 bits per heavy atom. The van der Waals surface area contributed by atoms with Crippen molar-refractivity contribution in [2.45, 2.75) is 13.8 Å². The highest BCUT2D eigenvalue weighted by Gasteiger charge is 2.23. The van der Waals surface area contributed by atoms with Crippen molar-refractivity contribution in [1.29, 1.82) is 0 Å². The van der Waals surface area contributed by atoms with Crippen molar-refractivity contribution in [1.82, 2.24) is 10.6 Å². The number of carbonyl (C=O) groups is 3. The summed E-state index contributed by atoms with van der Waals surface area (Å²) < 4.78 is 4.92. The van der Waals surface area contributed by atoms with Crippen LogP contribution in [0.1, 0.15) is 13.8 Å². The van der Waals surface area contributed by atoms with Crippen molar-refractivity contribution in [2.24, 2.45) is 5.92 Å². The van der Waals surface area contributed by atoms with Crippen molar-refractivity contribution in [3.63, 3.8) is 0 Å². The minimum atomic E-state index is -0.869. The lowest BCUT2D eigenvalue weighted by Gasteiger charge is -2.21. The average Bonchev–Trinajstić information content (AvgIpc) is 2.38. The lowest BCUT2D eigenvalue weighted by atomic mass is 10.2. The molecule has 0 aliphatic carbocycles. The monoisotopic (exact) mass is 302 g/mol. The first-order chi connectivity index (χ1) is 9.45. The van der Waals surface area contributed by atoms with Gasteiger partial charge in [-0.15, -0.1) is 0 Å². The molecule has 0 saturated heterocycles. The van der Waals surface area contributed by atoms with E-state index in [1.165, 1.54) is 11.8 Å². The number of rotatable bonds is 7. The number of hydrogen-bond donors (Lipinski definition) is 3. The van der Waals surface area contributed by atoms with E-state index in [4.69, 9.17) is 9.84 Å². The summed E-state index contributed by atoms with van der Waals surface area (Å²) >= 11 is 1.35. The van der Waals surface area contributed by atoms with Gasteiger partial charge in [0.15, 0.2) is 0 Å². The molecule has 112 valence electrons. The van der Waals surface area contributed by atoms with Gasteiger partial charge in [0.25, 0.3) is 0 Å². The average molecular weight is 302 g/mol. The van der Waals surface area contributed by atoms with Crippen LogP contribution in [0.25, 0.3) is 0 Å². The number of urea groups is 1. The molecule has 2 amide bonds. The molecular weight excluding hydrogens is 284 g/mol. The van der Waals surface area contributed by atoms with Crippen molar-refractivity contribution >= 4 is 29.7 Å². The highest BCUT2D eigenvalue weighted by molar-refractivity contribution is 7.99. The number of amides is 2. The second kappa shape index (κ2) is 7.78. The molecule has 1 atom stereocenters. The molecule has 0 radical (unpaired) electrons. The molecule has 1 aliphatic rings. The Morgan fingerprint density at radius 3 is 2.80 bits per heavy atom. The van der Waals surface area contributed by atoms with E-state index in [-0.39, 0.29) is 19.2 Å². The molecule has 1 rings (SSSR count). The number of ether oxygens (including phenoxy) is 1. The van der Waals surface area contributed by atoms with Crippen LogP contribution in [0.4, 0.5) is 4.79 Å². The van der Waals surface area contributed by atoms with Crippen molar-refractivity contribution in [3.05, 3.63) is 11.3 Å². The van der Waals surface area contributed by atoms with E-state index in [2.05, 4.69) is 10.6 Å². The molecule has 1 unspecified atom stereocenters. The van der Waals surface area contributed by atoms with Gasteiger partial charge in [-0.05, 0) is 6.92 Å². The summed E-state index contributed by atoms with van der Waals surface area (Å²) in [6.07, 6.45) is 0. The van der Waals surface area contributed by atoms with E-state index in [0.717, 1.165) is 0 Å². The minimum absolute atomic E-state index is 0.120. The van der Waals surface area contributed by atoms with Gasteiger partial charge in [-0.3, -0.25) is 4.79 Å². The van der Waals surface area contributed by atoms with Crippen molar-refractivity contribution in [2.75, 3.05) is 24.7 Å². The van der Waals surface area contributed by atoms with E-state index in [0.29, 0.717) is 22.8 Å². The first kappa shape index (κ1) is 16.4. The summed E-state index contributed by atoms with van der Waals surface area (Å²) in [5.41, 5.74) is 0.858. The van der Waals surface area contributed by atoms with E-state index in [1.807, 2.05) is 0 Å². The number of carboxylic acids is 1. The highest BCUT2D eigenvalue weighted by Crippen LogP contribution is 2.16. The van der Waals surface area contributed by atoms with E-state index in [9.17, 15) is 14.4 Å². The van der Waals surface area contributed by atoms with Crippen molar-refractivity contribution < 1.29 is 24.2 Å². The lowest BCUT2D eigenvalue weighted by molar-refractivity contribution is -0.140. The zero-order chi connectivity index (χ0) is 15.1. The number of aliphatic carboxylic acids is 1. The number of hydrogen-bond acceptors (Lipinski definition) is 5. The Kier molecular flexibility index (Phi) is 6.37. The third-order valence-electron chi connectivity index (χ3n) is 2.61. The van der Waals surface area contributed by atoms with Crippen LogP contribution in [-0.4, -0.2) is 47.7 Å². The van der Waals surface area contributed by atoms with Crippen LogP contribution in [-0.2, 0) is 14.3 Å². The molecule has 7 nitrogen and oxygen atoms in total. The third kappa shape index (κ3) is 4.76. The first-order valence-electron chi connectivity index (χ1n) is 6.20. The second-order valence-corrected chi connectivity index (χ2v) is 5.27. The van der Waals surface area contributed by atoms with Crippen LogP contribution in [0.3, 0.4) is 0 Å². The maximum atomic E-state index is 11.7. The number of nitrogens with one attached hydrogen (secondary N) is 2. The Balaban J connectivity index is 2.66. The summed E-state index contributed by atoms with van der Waals surface area (Å²) in [5, 5.41) is 13.9. The number of carboxylic acid groups (broad SMARTS) is 1. The summed E-state index contributed by atoms with van der Waals surface area (Å²) in [6.45, 7) is 3.69. The molecule has 0 aromatic heterocycles. The van der Waals surface area contributed by atoms with Crippen LogP contribution in [0.15, 0.2) is 11.3 Å².